The number of aromatic nitrogens is 4. The first-order valence-electron chi connectivity index (χ1n) is 15.0. The summed E-state index contributed by atoms with van der Waals surface area (Å²) in [4.78, 5) is 18.3. The number of rotatable bonds is 4. The van der Waals surface area contributed by atoms with E-state index >= 15 is 0 Å². The van der Waals surface area contributed by atoms with E-state index in [1.165, 1.54) is 48.6 Å². The van der Waals surface area contributed by atoms with Crippen LogP contribution in [0.25, 0.3) is 50.5 Å². The van der Waals surface area contributed by atoms with Crippen molar-refractivity contribution in [2.24, 2.45) is 11.8 Å². The fraction of sp³-hybridized carbons (Fsp3) is 0.250. The average Bonchev–Trinajstić information content (AvgIpc) is 3.36. The lowest BCUT2D eigenvalue weighted by molar-refractivity contribution is 0.0901. The molecule has 2 aliphatic heterocycles. The van der Waals surface area contributed by atoms with Gasteiger partial charge in [-0.2, -0.15) is 9.97 Å². The number of benzene rings is 4. The Kier molecular flexibility index (Phi) is 5.10. The fourth-order valence-electron chi connectivity index (χ4n) is 8.25. The van der Waals surface area contributed by atoms with Gasteiger partial charge < -0.3 is 4.90 Å². The average molecular weight is 534 g/mol. The number of hydrogen-bond donors (Lipinski definition) is 0. The van der Waals surface area contributed by atoms with E-state index in [1.807, 2.05) is 18.2 Å². The molecule has 2 saturated carbocycles. The molecule has 0 atom stereocenters. The highest BCUT2D eigenvalue weighted by molar-refractivity contribution is 6.09. The largest absolute Gasteiger partial charge is 0.365 e. The minimum Gasteiger partial charge on any atom is -0.365 e. The van der Waals surface area contributed by atoms with Crippen LogP contribution >= 0.6 is 0 Å². The summed E-state index contributed by atoms with van der Waals surface area (Å²) in [6.45, 7) is 0. The van der Waals surface area contributed by atoms with Crippen LogP contribution in [-0.4, -0.2) is 31.6 Å². The van der Waals surface area contributed by atoms with Crippen molar-refractivity contribution in [1.82, 2.24) is 19.5 Å². The minimum atomic E-state index is 0.625. The lowest BCUT2D eigenvalue weighted by atomic mass is 9.63. The maximum absolute atomic E-state index is 5.26. The van der Waals surface area contributed by atoms with Gasteiger partial charge in [-0.1, -0.05) is 78.9 Å². The summed E-state index contributed by atoms with van der Waals surface area (Å²) in [7, 11) is 0. The molecule has 4 heterocycles. The molecule has 0 spiro atoms. The molecule has 2 saturated heterocycles. The Morgan fingerprint density at radius 3 is 1.76 bits per heavy atom. The van der Waals surface area contributed by atoms with Crippen molar-refractivity contribution in [2.75, 3.05) is 4.90 Å². The SMILES string of the molecule is c1ccc(-c2nc(-c3ccccc3N3C4CC5CC(C4)CC3C5)nc(-n3c4ccccc4c4ccccc43)n2)cc1. The second-order valence-electron chi connectivity index (χ2n) is 12.2. The predicted molar refractivity (Wildman–Crippen MR) is 165 cm³/mol. The third kappa shape index (κ3) is 3.65. The first kappa shape index (κ1) is 23.2. The number of para-hydroxylation sites is 3. The summed E-state index contributed by atoms with van der Waals surface area (Å²) in [5, 5.41) is 2.40. The normalized spacial score (nSPS) is 23.1. The number of nitrogens with zero attached hydrogens (tertiary/aromatic N) is 5. The first-order valence-corrected chi connectivity index (χ1v) is 15.0. The van der Waals surface area contributed by atoms with E-state index in [4.69, 9.17) is 15.0 Å². The summed E-state index contributed by atoms with van der Waals surface area (Å²) >= 11 is 0. The van der Waals surface area contributed by atoms with Crippen LogP contribution in [0.5, 0.6) is 0 Å². The smallest absolute Gasteiger partial charge is 0.238 e. The summed E-state index contributed by atoms with van der Waals surface area (Å²) in [6.07, 6.45) is 6.72. The van der Waals surface area contributed by atoms with Crippen molar-refractivity contribution in [3.63, 3.8) is 0 Å². The highest BCUT2D eigenvalue weighted by atomic mass is 15.2. The molecule has 2 aromatic heterocycles. The van der Waals surface area contributed by atoms with Gasteiger partial charge >= 0.3 is 0 Å². The Labute approximate surface area is 239 Å². The van der Waals surface area contributed by atoms with Crippen LogP contribution < -0.4 is 4.90 Å². The Morgan fingerprint density at radius 1 is 0.512 bits per heavy atom. The van der Waals surface area contributed by atoms with E-state index in [2.05, 4.69) is 94.4 Å². The van der Waals surface area contributed by atoms with Gasteiger partial charge in [0.15, 0.2) is 11.6 Å². The topological polar surface area (TPSA) is 46.8 Å². The van der Waals surface area contributed by atoms with Crippen LogP contribution in [0.4, 0.5) is 5.69 Å². The second-order valence-corrected chi connectivity index (χ2v) is 12.2. The lowest BCUT2D eigenvalue weighted by Crippen LogP contribution is -2.58. The molecule has 0 amide bonds. The van der Waals surface area contributed by atoms with Gasteiger partial charge in [-0.25, -0.2) is 4.98 Å². The molecule has 4 aliphatic rings. The van der Waals surface area contributed by atoms with Crippen LogP contribution in [0.2, 0.25) is 0 Å². The van der Waals surface area contributed by atoms with Crippen LogP contribution in [-0.2, 0) is 0 Å². The first-order chi connectivity index (χ1) is 20.3. The third-order valence-electron chi connectivity index (χ3n) is 9.73. The van der Waals surface area contributed by atoms with Crippen molar-refractivity contribution < 1.29 is 0 Å². The molecule has 5 heteroatoms. The Hall–Kier alpha value is -4.51. The quantitative estimate of drug-likeness (QED) is 0.230. The summed E-state index contributed by atoms with van der Waals surface area (Å²) in [5.74, 6) is 3.90. The summed E-state index contributed by atoms with van der Waals surface area (Å²) in [5.41, 5.74) is 5.57. The Morgan fingerprint density at radius 2 is 1.07 bits per heavy atom. The van der Waals surface area contributed by atoms with E-state index in [1.54, 1.807) is 0 Å². The molecule has 0 unspecified atom stereocenters. The highest BCUT2D eigenvalue weighted by Crippen LogP contribution is 2.51. The molecule has 0 N–H and O–H groups in total. The van der Waals surface area contributed by atoms with Gasteiger partial charge in [0.2, 0.25) is 5.95 Å². The van der Waals surface area contributed by atoms with Crippen LogP contribution in [0.3, 0.4) is 0 Å². The van der Waals surface area contributed by atoms with Crippen molar-refractivity contribution in [2.45, 2.75) is 44.2 Å². The van der Waals surface area contributed by atoms with E-state index in [0.29, 0.717) is 23.9 Å². The van der Waals surface area contributed by atoms with Gasteiger partial charge in [0.25, 0.3) is 0 Å². The number of hydrogen-bond acceptors (Lipinski definition) is 4. The zero-order valence-corrected chi connectivity index (χ0v) is 22.9. The van der Waals surface area contributed by atoms with Crippen LogP contribution in [0.1, 0.15) is 32.1 Å². The van der Waals surface area contributed by atoms with Gasteiger partial charge in [0.05, 0.1) is 11.0 Å². The third-order valence-corrected chi connectivity index (χ3v) is 9.73. The maximum Gasteiger partial charge on any atom is 0.238 e. The highest BCUT2D eigenvalue weighted by Gasteiger charge is 2.47. The van der Waals surface area contributed by atoms with Crippen molar-refractivity contribution >= 4 is 27.5 Å². The Bertz CT molecular complexity index is 1840. The molecule has 4 aromatic carbocycles. The predicted octanol–water partition coefficient (Wildman–Crippen LogP) is 8.07. The second kappa shape index (κ2) is 9.00. The van der Waals surface area contributed by atoms with Gasteiger partial charge in [-0.15, -0.1) is 0 Å². The molecule has 10 rings (SSSR count). The standard InChI is InChI=1S/C36H31N5/c1-2-10-25(11-3-1)34-37-35(30-14-6-9-17-33(30)40-26-19-23-18-24(21-26)22-27(40)20-23)39-36(38-34)41-31-15-7-4-12-28(31)29-13-5-8-16-32(29)41/h1-17,23-24,26-27H,18-22H2. The van der Waals surface area contributed by atoms with Crippen LogP contribution in [0.15, 0.2) is 103 Å². The molecule has 4 fully saturated rings. The molecule has 4 bridgehead atoms. The van der Waals surface area contributed by atoms with E-state index in [-0.39, 0.29) is 0 Å². The maximum atomic E-state index is 5.26. The van der Waals surface area contributed by atoms with E-state index in [9.17, 15) is 0 Å². The van der Waals surface area contributed by atoms with Gasteiger partial charge in [-0.05, 0) is 68.2 Å². The Balaban J connectivity index is 1.28. The van der Waals surface area contributed by atoms with Gasteiger partial charge in [0, 0.05) is 39.7 Å². The molecule has 2 aliphatic carbocycles. The van der Waals surface area contributed by atoms with Gasteiger partial charge in [-0.3, -0.25) is 4.57 Å². The molecular weight excluding hydrogens is 502 g/mol. The zero-order chi connectivity index (χ0) is 26.9. The van der Waals surface area contributed by atoms with E-state index < -0.39 is 0 Å². The van der Waals surface area contributed by atoms with E-state index in [0.717, 1.165) is 39.8 Å². The number of piperidine rings is 2. The molecule has 6 aromatic rings. The molecule has 200 valence electrons. The van der Waals surface area contributed by atoms with Crippen molar-refractivity contribution in [1.29, 1.82) is 0 Å². The van der Waals surface area contributed by atoms with Gasteiger partial charge in [0.1, 0.15) is 0 Å². The molecular formula is C36H31N5. The minimum absolute atomic E-state index is 0.625. The number of anilines is 1. The van der Waals surface area contributed by atoms with Crippen molar-refractivity contribution in [3.05, 3.63) is 103 Å². The van der Waals surface area contributed by atoms with Crippen molar-refractivity contribution in [3.8, 4) is 28.7 Å². The summed E-state index contributed by atoms with van der Waals surface area (Å²) in [6, 6.07) is 37.4. The molecule has 0 radical (unpaired) electrons. The fourth-order valence-corrected chi connectivity index (χ4v) is 8.25. The zero-order valence-electron chi connectivity index (χ0n) is 22.9. The summed E-state index contributed by atoms with van der Waals surface area (Å²) < 4.78 is 2.20. The molecule has 5 nitrogen and oxygen atoms in total. The number of fused-ring (bicyclic) bond motifs is 3. The lowest BCUT2D eigenvalue weighted by Gasteiger charge is -2.57. The monoisotopic (exact) mass is 533 g/mol. The molecule has 41 heavy (non-hydrogen) atoms. The van der Waals surface area contributed by atoms with Crippen LogP contribution in [0, 0.1) is 11.8 Å².